The summed E-state index contributed by atoms with van der Waals surface area (Å²) in [6.45, 7) is -0.0978. The largest absolute Gasteiger partial charge is 0.478 e. The summed E-state index contributed by atoms with van der Waals surface area (Å²) >= 11 is 0. The fourth-order valence-electron chi connectivity index (χ4n) is 2.74. The van der Waals surface area contributed by atoms with Crippen molar-refractivity contribution in [3.8, 4) is 5.75 Å². The number of hydrogen-bond donors (Lipinski definition) is 2. The van der Waals surface area contributed by atoms with Crippen molar-refractivity contribution in [3.05, 3.63) is 30.1 Å². The number of nitrogens with one attached hydrogen (secondary N) is 1. The van der Waals surface area contributed by atoms with Crippen LogP contribution in [0.2, 0.25) is 0 Å². The lowest BCUT2D eigenvalue weighted by Gasteiger charge is -2.16. The molecule has 1 amide bonds. The highest BCUT2D eigenvalue weighted by atomic mass is 19.1. The van der Waals surface area contributed by atoms with Gasteiger partial charge in [0.1, 0.15) is 11.6 Å². The number of ether oxygens (including phenoxy) is 1. The van der Waals surface area contributed by atoms with Gasteiger partial charge in [0.15, 0.2) is 0 Å². The van der Waals surface area contributed by atoms with Gasteiger partial charge in [0.25, 0.3) is 0 Å². The Hall–Kier alpha value is -2.11. The Morgan fingerprint density at radius 1 is 1.32 bits per heavy atom. The molecule has 2 saturated carbocycles. The summed E-state index contributed by atoms with van der Waals surface area (Å²) in [7, 11) is 0. The predicted octanol–water partition coefficient (Wildman–Crippen LogP) is 1.82. The number of carbonyl (C=O) groups is 2. The third-order valence-electron chi connectivity index (χ3n) is 4.23. The number of carboxylic acid groups (broad SMARTS) is 1. The zero-order valence-corrected chi connectivity index (χ0v) is 12.0. The highest BCUT2D eigenvalue weighted by molar-refractivity contribution is 5.82. The van der Waals surface area contributed by atoms with E-state index in [0.717, 1.165) is 6.42 Å². The second-order valence-electron chi connectivity index (χ2n) is 5.99. The fraction of sp³-hybridized carbons (Fsp3) is 0.500. The van der Waals surface area contributed by atoms with E-state index in [1.165, 1.54) is 37.1 Å². The smallest absolute Gasteiger partial charge is 0.346 e. The number of halogens is 1. The van der Waals surface area contributed by atoms with Gasteiger partial charge < -0.3 is 15.2 Å². The molecule has 0 saturated heterocycles. The van der Waals surface area contributed by atoms with Gasteiger partial charge in [-0.2, -0.15) is 0 Å². The van der Waals surface area contributed by atoms with Crippen LogP contribution in [0.1, 0.15) is 19.3 Å². The molecule has 2 N–H and O–H groups in total. The lowest BCUT2D eigenvalue weighted by molar-refractivity contribution is -0.145. The van der Waals surface area contributed by atoms with Crippen LogP contribution in [0.3, 0.4) is 0 Å². The molecule has 0 radical (unpaired) electrons. The molecule has 2 aliphatic rings. The Labute approximate surface area is 127 Å². The minimum Gasteiger partial charge on any atom is -0.478 e. The van der Waals surface area contributed by atoms with E-state index in [1.807, 2.05) is 0 Å². The molecule has 2 fully saturated rings. The molecule has 0 heterocycles. The zero-order valence-electron chi connectivity index (χ0n) is 12.0. The number of carboxylic acids is 1. The Bertz CT molecular complexity index is 570. The Kier molecular flexibility index (Phi) is 4.00. The van der Waals surface area contributed by atoms with Gasteiger partial charge in [0.05, 0.1) is 6.54 Å². The van der Waals surface area contributed by atoms with Crippen LogP contribution in [0.25, 0.3) is 0 Å². The van der Waals surface area contributed by atoms with Crippen LogP contribution < -0.4 is 10.1 Å². The first kappa shape index (κ1) is 14.8. The van der Waals surface area contributed by atoms with Crippen LogP contribution in [0.5, 0.6) is 5.75 Å². The van der Waals surface area contributed by atoms with Crippen molar-refractivity contribution >= 4 is 11.9 Å². The zero-order chi connectivity index (χ0) is 15.7. The van der Waals surface area contributed by atoms with Crippen molar-refractivity contribution in [2.24, 2.45) is 17.8 Å². The molecule has 0 bridgehead atoms. The van der Waals surface area contributed by atoms with E-state index >= 15 is 0 Å². The molecule has 0 spiro atoms. The Morgan fingerprint density at radius 3 is 2.59 bits per heavy atom. The quantitative estimate of drug-likeness (QED) is 0.805. The molecule has 118 valence electrons. The number of benzene rings is 1. The average molecular weight is 307 g/mol. The molecule has 6 heteroatoms. The molecule has 0 aromatic heterocycles. The van der Waals surface area contributed by atoms with Gasteiger partial charge in [0.2, 0.25) is 12.0 Å². The molecule has 1 aromatic rings. The lowest BCUT2D eigenvalue weighted by Crippen LogP contribution is -2.41. The summed E-state index contributed by atoms with van der Waals surface area (Å²) in [6.07, 6.45) is 2.14. The molecule has 22 heavy (non-hydrogen) atoms. The highest BCUT2D eigenvalue weighted by Gasteiger charge is 2.51. The van der Waals surface area contributed by atoms with Crippen LogP contribution in [0.4, 0.5) is 4.39 Å². The number of hydrogen-bond acceptors (Lipinski definition) is 3. The van der Waals surface area contributed by atoms with Gasteiger partial charge in [-0.3, -0.25) is 4.79 Å². The van der Waals surface area contributed by atoms with Crippen molar-refractivity contribution < 1.29 is 23.8 Å². The molecule has 3 atom stereocenters. The van der Waals surface area contributed by atoms with E-state index in [1.54, 1.807) is 0 Å². The van der Waals surface area contributed by atoms with Crippen LogP contribution >= 0.6 is 0 Å². The number of rotatable bonds is 7. The molecule has 5 nitrogen and oxygen atoms in total. The molecule has 1 aromatic carbocycles. The van der Waals surface area contributed by atoms with E-state index in [2.05, 4.69) is 5.32 Å². The van der Waals surface area contributed by atoms with Gasteiger partial charge in [-0.05, 0) is 55.4 Å². The topological polar surface area (TPSA) is 75.6 Å². The van der Waals surface area contributed by atoms with Gasteiger partial charge >= 0.3 is 5.97 Å². The third kappa shape index (κ3) is 3.55. The molecule has 3 rings (SSSR count). The van der Waals surface area contributed by atoms with Crippen LogP contribution in [0, 0.1) is 23.6 Å². The van der Waals surface area contributed by atoms with Crippen molar-refractivity contribution in [2.45, 2.75) is 25.4 Å². The number of aliphatic carboxylic acids is 1. The summed E-state index contributed by atoms with van der Waals surface area (Å²) in [5.41, 5.74) is 0. The number of carbonyl (C=O) groups excluding carboxylic acids is 1. The molecule has 3 unspecified atom stereocenters. The second-order valence-corrected chi connectivity index (χ2v) is 5.99. The first-order chi connectivity index (χ1) is 10.5. The maximum Gasteiger partial charge on any atom is 0.346 e. The fourth-order valence-corrected chi connectivity index (χ4v) is 2.74. The third-order valence-corrected chi connectivity index (χ3v) is 4.23. The van der Waals surface area contributed by atoms with Crippen molar-refractivity contribution in [2.75, 3.05) is 6.54 Å². The number of amides is 1. The molecular formula is C16H18FNO4. The van der Waals surface area contributed by atoms with Crippen molar-refractivity contribution in [1.29, 1.82) is 0 Å². The van der Waals surface area contributed by atoms with E-state index < -0.39 is 17.9 Å². The second kappa shape index (κ2) is 5.94. The van der Waals surface area contributed by atoms with Gasteiger partial charge in [-0.15, -0.1) is 0 Å². The minimum absolute atomic E-state index is 0.0350. The molecule has 0 aliphatic heterocycles. The van der Waals surface area contributed by atoms with Crippen molar-refractivity contribution in [3.63, 3.8) is 0 Å². The monoisotopic (exact) mass is 307 g/mol. The highest BCUT2D eigenvalue weighted by Crippen LogP contribution is 2.54. The summed E-state index contributed by atoms with van der Waals surface area (Å²) in [6, 6.07) is 5.10. The van der Waals surface area contributed by atoms with E-state index in [-0.39, 0.29) is 24.1 Å². The van der Waals surface area contributed by atoms with Gasteiger partial charge in [-0.1, -0.05) is 0 Å². The molecule has 2 aliphatic carbocycles. The first-order valence-electron chi connectivity index (χ1n) is 7.47. The van der Waals surface area contributed by atoms with Crippen LogP contribution in [0.15, 0.2) is 24.3 Å². The van der Waals surface area contributed by atoms with Gasteiger partial charge in [0, 0.05) is 5.92 Å². The van der Waals surface area contributed by atoms with Gasteiger partial charge in [-0.25, -0.2) is 9.18 Å². The maximum atomic E-state index is 12.8. The standard InChI is InChI=1S/C16H18FNO4/c17-10-3-5-11(6-4-10)22-14(16(20)21)8-18-15(19)13-7-12(13)9-1-2-9/h3-6,9,12-14H,1-2,7-8H2,(H,18,19)(H,20,21). The van der Waals surface area contributed by atoms with E-state index in [4.69, 9.17) is 9.84 Å². The summed E-state index contributed by atoms with van der Waals surface area (Å²) in [5.74, 6) is -0.210. The summed E-state index contributed by atoms with van der Waals surface area (Å²) < 4.78 is 18.1. The minimum atomic E-state index is -1.19. The van der Waals surface area contributed by atoms with E-state index in [0.29, 0.717) is 11.8 Å². The average Bonchev–Trinajstić information content (AvgIpc) is 3.36. The Balaban J connectivity index is 1.50. The predicted molar refractivity (Wildman–Crippen MR) is 75.8 cm³/mol. The van der Waals surface area contributed by atoms with E-state index in [9.17, 15) is 14.0 Å². The lowest BCUT2D eigenvalue weighted by atomic mass is 10.2. The molecular weight excluding hydrogens is 289 g/mol. The normalized spacial score (nSPS) is 24.4. The van der Waals surface area contributed by atoms with Crippen LogP contribution in [-0.2, 0) is 9.59 Å². The first-order valence-corrected chi connectivity index (χ1v) is 7.47. The SMILES string of the molecule is O=C(O)C(CNC(=O)C1CC1C1CC1)Oc1ccc(F)cc1. The summed E-state index contributed by atoms with van der Waals surface area (Å²) in [4.78, 5) is 23.2. The summed E-state index contributed by atoms with van der Waals surface area (Å²) in [5, 5.41) is 11.8. The Morgan fingerprint density at radius 2 is 2.00 bits per heavy atom. The van der Waals surface area contributed by atoms with Crippen molar-refractivity contribution in [1.82, 2.24) is 5.32 Å². The van der Waals surface area contributed by atoms with Crippen LogP contribution in [-0.4, -0.2) is 29.6 Å². The maximum absolute atomic E-state index is 12.8.